The first-order chi connectivity index (χ1) is 9.08. The molecule has 0 bridgehead atoms. The molecule has 0 saturated heterocycles. The Morgan fingerprint density at radius 2 is 1.84 bits per heavy atom. The van der Waals surface area contributed by atoms with E-state index >= 15 is 0 Å². The number of aromatic amines is 1. The minimum Gasteiger partial charge on any atom is -0.481 e. The maximum atomic E-state index is 11.0. The van der Waals surface area contributed by atoms with Gasteiger partial charge in [0.15, 0.2) is 0 Å². The van der Waals surface area contributed by atoms with E-state index < -0.39 is 5.97 Å². The van der Waals surface area contributed by atoms with Gasteiger partial charge in [-0.15, -0.1) is 0 Å². The summed E-state index contributed by atoms with van der Waals surface area (Å²) in [4.78, 5) is 14.2. The van der Waals surface area contributed by atoms with E-state index in [1.165, 1.54) is 0 Å². The van der Waals surface area contributed by atoms with Gasteiger partial charge in [-0.1, -0.05) is 35.3 Å². The Kier molecular flexibility index (Phi) is 2.88. The second-order valence-electron chi connectivity index (χ2n) is 4.32. The van der Waals surface area contributed by atoms with Crippen LogP contribution in [-0.2, 0) is 11.2 Å². The summed E-state index contributed by atoms with van der Waals surface area (Å²) in [5.74, 6) is -0.875. The molecule has 3 nitrogen and oxygen atoms in total. The molecule has 1 aromatic heterocycles. The molecular formula is C14H9Cl2NO2. The van der Waals surface area contributed by atoms with Gasteiger partial charge in [0.25, 0.3) is 0 Å². The Balaban J connectivity index is 2.46. The molecule has 0 amide bonds. The summed E-state index contributed by atoms with van der Waals surface area (Å²) >= 11 is 12.3. The molecule has 0 atom stereocenters. The van der Waals surface area contributed by atoms with Gasteiger partial charge in [-0.05, 0) is 23.8 Å². The molecule has 0 aliphatic heterocycles. The normalized spacial score (nSPS) is 11.3. The number of aromatic nitrogens is 1. The van der Waals surface area contributed by atoms with Crippen LogP contribution in [0.3, 0.4) is 0 Å². The zero-order valence-corrected chi connectivity index (χ0v) is 11.2. The molecule has 0 aliphatic rings. The van der Waals surface area contributed by atoms with Gasteiger partial charge in [0.2, 0.25) is 0 Å². The monoisotopic (exact) mass is 293 g/mol. The Bertz CT molecular complexity index is 808. The van der Waals surface area contributed by atoms with Crippen LogP contribution >= 0.6 is 23.2 Å². The standard InChI is InChI=1S/C14H9Cl2NO2/c15-8-4-5-10-13(14(8)16)12-7(6-11(18)19)2-1-3-9(12)17-10/h1-5,17H,6H2,(H,18,19). The van der Waals surface area contributed by atoms with Crippen molar-refractivity contribution in [2.45, 2.75) is 6.42 Å². The number of carbonyl (C=O) groups is 1. The van der Waals surface area contributed by atoms with E-state index in [2.05, 4.69) is 4.98 Å². The van der Waals surface area contributed by atoms with E-state index in [9.17, 15) is 4.79 Å². The highest BCUT2D eigenvalue weighted by Crippen LogP contribution is 2.37. The summed E-state index contributed by atoms with van der Waals surface area (Å²) in [6.07, 6.45) is -0.0485. The predicted octanol–water partition coefficient (Wildman–Crippen LogP) is 4.26. The number of rotatable bonds is 2. The van der Waals surface area contributed by atoms with Crippen LogP contribution < -0.4 is 0 Å². The molecule has 0 radical (unpaired) electrons. The summed E-state index contributed by atoms with van der Waals surface area (Å²) < 4.78 is 0. The number of halogens is 2. The highest BCUT2D eigenvalue weighted by molar-refractivity contribution is 6.46. The minimum atomic E-state index is -0.875. The maximum Gasteiger partial charge on any atom is 0.307 e. The third-order valence-corrected chi connectivity index (χ3v) is 3.91. The number of hydrogen-bond acceptors (Lipinski definition) is 1. The molecular weight excluding hydrogens is 285 g/mol. The number of carboxylic acids is 1. The molecule has 0 spiro atoms. The van der Waals surface area contributed by atoms with Crippen molar-refractivity contribution in [1.29, 1.82) is 0 Å². The van der Waals surface area contributed by atoms with Crippen LogP contribution in [0.4, 0.5) is 0 Å². The van der Waals surface area contributed by atoms with Gasteiger partial charge in [0.05, 0.1) is 16.5 Å². The fourth-order valence-corrected chi connectivity index (χ4v) is 2.77. The van der Waals surface area contributed by atoms with Crippen molar-refractivity contribution in [3.63, 3.8) is 0 Å². The number of benzene rings is 2. The van der Waals surface area contributed by atoms with E-state index in [-0.39, 0.29) is 6.42 Å². The van der Waals surface area contributed by atoms with Gasteiger partial charge >= 0.3 is 5.97 Å². The second-order valence-corrected chi connectivity index (χ2v) is 5.10. The lowest BCUT2D eigenvalue weighted by molar-refractivity contribution is -0.136. The average Bonchev–Trinajstić information content (AvgIpc) is 2.73. The van der Waals surface area contributed by atoms with E-state index in [0.29, 0.717) is 10.0 Å². The smallest absolute Gasteiger partial charge is 0.307 e. The molecule has 0 fully saturated rings. The molecule has 5 heteroatoms. The summed E-state index contributed by atoms with van der Waals surface area (Å²) in [6.45, 7) is 0. The van der Waals surface area contributed by atoms with E-state index in [0.717, 1.165) is 27.4 Å². The quantitative estimate of drug-likeness (QED) is 0.742. The van der Waals surface area contributed by atoms with Crippen molar-refractivity contribution in [3.05, 3.63) is 45.9 Å². The number of nitrogens with one attached hydrogen (secondary N) is 1. The third kappa shape index (κ3) is 1.95. The number of H-pyrrole nitrogens is 1. The zero-order chi connectivity index (χ0) is 13.6. The molecule has 3 aromatic rings. The molecule has 96 valence electrons. The lowest BCUT2D eigenvalue weighted by atomic mass is 10.0. The number of aliphatic carboxylic acids is 1. The second kappa shape index (κ2) is 4.44. The summed E-state index contributed by atoms with van der Waals surface area (Å²) in [5.41, 5.74) is 2.43. The Hall–Kier alpha value is -1.71. The topological polar surface area (TPSA) is 53.1 Å². The number of carboxylic acid groups (broad SMARTS) is 1. The Morgan fingerprint density at radius 3 is 2.58 bits per heavy atom. The van der Waals surface area contributed by atoms with E-state index in [1.54, 1.807) is 12.1 Å². The third-order valence-electron chi connectivity index (χ3n) is 3.11. The number of hydrogen-bond donors (Lipinski definition) is 2. The fraction of sp³-hybridized carbons (Fsp3) is 0.0714. The molecule has 2 N–H and O–H groups in total. The van der Waals surface area contributed by atoms with E-state index in [4.69, 9.17) is 28.3 Å². The van der Waals surface area contributed by atoms with Crippen LogP contribution in [0.15, 0.2) is 30.3 Å². The van der Waals surface area contributed by atoms with E-state index in [1.807, 2.05) is 18.2 Å². The average molecular weight is 294 g/mol. The number of fused-ring (bicyclic) bond motifs is 3. The predicted molar refractivity (Wildman–Crippen MR) is 77.2 cm³/mol. The van der Waals surface area contributed by atoms with Gasteiger partial charge < -0.3 is 10.1 Å². The summed E-state index contributed by atoms with van der Waals surface area (Å²) in [6, 6.07) is 9.07. The first-order valence-corrected chi connectivity index (χ1v) is 6.42. The fourth-order valence-electron chi connectivity index (χ4n) is 2.35. The zero-order valence-electron chi connectivity index (χ0n) is 9.71. The van der Waals surface area contributed by atoms with Crippen LogP contribution in [-0.4, -0.2) is 16.1 Å². The lowest BCUT2D eigenvalue weighted by Gasteiger charge is -2.02. The molecule has 0 unspecified atom stereocenters. The lowest BCUT2D eigenvalue weighted by Crippen LogP contribution is -2.00. The first-order valence-electron chi connectivity index (χ1n) is 5.67. The highest BCUT2D eigenvalue weighted by atomic mass is 35.5. The van der Waals surface area contributed by atoms with Crippen LogP contribution in [0.2, 0.25) is 10.0 Å². The largest absolute Gasteiger partial charge is 0.481 e. The van der Waals surface area contributed by atoms with Crippen LogP contribution in [0.1, 0.15) is 5.56 Å². The summed E-state index contributed by atoms with van der Waals surface area (Å²) in [5, 5.41) is 11.5. The minimum absolute atomic E-state index is 0.0485. The Morgan fingerprint density at radius 1 is 1.11 bits per heavy atom. The van der Waals surface area contributed by atoms with Gasteiger partial charge in [-0.3, -0.25) is 4.79 Å². The molecule has 3 rings (SSSR count). The van der Waals surface area contributed by atoms with Crippen LogP contribution in [0.5, 0.6) is 0 Å². The van der Waals surface area contributed by atoms with Gasteiger partial charge in [-0.2, -0.15) is 0 Å². The summed E-state index contributed by atoms with van der Waals surface area (Å²) in [7, 11) is 0. The SMILES string of the molecule is O=C(O)Cc1cccc2[nH]c3ccc(Cl)c(Cl)c3c12. The molecule has 19 heavy (non-hydrogen) atoms. The first kappa shape index (κ1) is 12.3. The Labute approximate surface area is 118 Å². The van der Waals surface area contributed by atoms with Crippen molar-refractivity contribution < 1.29 is 9.90 Å². The molecule has 0 saturated carbocycles. The van der Waals surface area contributed by atoms with Crippen molar-refractivity contribution in [2.75, 3.05) is 0 Å². The van der Waals surface area contributed by atoms with Crippen LogP contribution in [0.25, 0.3) is 21.8 Å². The van der Waals surface area contributed by atoms with Crippen molar-refractivity contribution >= 4 is 51.0 Å². The molecule has 1 heterocycles. The highest BCUT2D eigenvalue weighted by Gasteiger charge is 2.14. The maximum absolute atomic E-state index is 11.0. The van der Waals surface area contributed by atoms with Crippen molar-refractivity contribution in [1.82, 2.24) is 4.98 Å². The van der Waals surface area contributed by atoms with Gasteiger partial charge in [0, 0.05) is 21.8 Å². The van der Waals surface area contributed by atoms with Gasteiger partial charge in [0.1, 0.15) is 0 Å². The van der Waals surface area contributed by atoms with Gasteiger partial charge in [-0.25, -0.2) is 0 Å². The molecule has 0 aliphatic carbocycles. The molecule has 2 aromatic carbocycles. The van der Waals surface area contributed by atoms with Crippen LogP contribution in [0, 0.1) is 0 Å². The van der Waals surface area contributed by atoms with Crippen molar-refractivity contribution in [2.24, 2.45) is 0 Å². The van der Waals surface area contributed by atoms with Crippen molar-refractivity contribution in [3.8, 4) is 0 Å².